The summed E-state index contributed by atoms with van der Waals surface area (Å²) < 4.78 is 44.1. The van der Waals surface area contributed by atoms with E-state index in [2.05, 4.69) is 6.92 Å². The molecular weight excluding hydrogens is 489 g/mol. The lowest BCUT2D eigenvalue weighted by molar-refractivity contribution is -0.765. The number of primary amides is 1. The van der Waals surface area contributed by atoms with E-state index >= 15 is 0 Å². The van der Waals surface area contributed by atoms with Gasteiger partial charge in [0.2, 0.25) is 0 Å². The van der Waals surface area contributed by atoms with Gasteiger partial charge in [-0.05, 0) is 12.5 Å². The van der Waals surface area contributed by atoms with Crippen LogP contribution >= 0.6 is 0 Å². The molecular formula is C23H34F3N2O8+. The number of aliphatic hydroxyl groups excluding tert-OH is 2. The summed E-state index contributed by atoms with van der Waals surface area (Å²) in [5, 5.41) is 27.6. The fraction of sp³-hybridized carbons (Fsp3) is 0.652. The van der Waals surface area contributed by atoms with Gasteiger partial charge in [0, 0.05) is 12.5 Å². The Labute approximate surface area is 206 Å². The number of unbranched alkanes of at least 4 members (excludes halogenated alkanes) is 6. The maximum Gasteiger partial charge on any atom is 0.490 e. The van der Waals surface area contributed by atoms with Crippen LogP contribution in [0.25, 0.3) is 0 Å². The van der Waals surface area contributed by atoms with E-state index < -0.39 is 42.6 Å². The number of carboxylic acid groups (broad SMARTS) is 1. The summed E-state index contributed by atoms with van der Waals surface area (Å²) in [5.74, 6) is -3.70. The van der Waals surface area contributed by atoms with Crippen molar-refractivity contribution in [3.63, 3.8) is 0 Å². The molecule has 1 amide bonds. The van der Waals surface area contributed by atoms with E-state index in [1.807, 2.05) is 0 Å². The number of rotatable bonds is 12. The van der Waals surface area contributed by atoms with Crippen molar-refractivity contribution < 1.29 is 56.9 Å². The van der Waals surface area contributed by atoms with Gasteiger partial charge in [0.25, 0.3) is 12.1 Å². The number of pyridine rings is 1. The molecule has 0 radical (unpaired) electrons. The molecule has 2 heterocycles. The highest BCUT2D eigenvalue weighted by atomic mass is 19.4. The number of amides is 1. The molecule has 0 spiro atoms. The van der Waals surface area contributed by atoms with Crippen molar-refractivity contribution >= 4 is 17.8 Å². The quantitative estimate of drug-likeness (QED) is 0.184. The van der Waals surface area contributed by atoms with Crippen LogP contribution in [0.5, 0.6) is 0 Å². The molecule has 1 aliphatic rings. The van der Waals surface area contributed by atoms with Crippen LogP contribution in [0.1, 0.15) is 74.9 Å². The number of aliphatic hydroxyl groups is 2. The van der Waals surface area contributed by atoms with Crippen LogP contribution in [0, 0.1) is 0 Å². The molecule has 36 heavy (non-hydrogen) atoms. The van der Waals surface area contributed by atoms with Crippen molar-refractivity contribution in [1.82, 2.24) is 0 Å². The largest absolute Gasteiger partial charge is 0.490 e. The minimum absolute atomic E-state index is 0.139. The van der Waals surface area contributed by atoms with Gasteiger partial charge in [-0.1, -0.05) is 45.4 Å². The van der Waals surface area contributed by atoms with E-state index in [4.69, 9.17) is 25.1 Å². The molecule has 1 aromatic heterocycles. The van der Waals surface area contributed by atoms with Crippen molar-refractivity contribution in [2.45, 2.75) is 89.0 Å². The number of ether oxygens (including phenoxy) is 2. The molecule has 1 aliphatic heterocycles. The summed E-state index contributed by atoms with van der Waals surface area (Å²) in [6.45, 7) is 2.04. The number of nitrogens with zero attached hydrogens (tertiary/aromatic N) is 1. The lowest BCUT2D eigenvalue weighted by Crippen LogP contribution is -2.46. The van der Waals surface area contributed by atoms with Gasteiger partial charge >= 0.3 is 18.1 Å². The first-order valence-corrected chi connectivity index (χ1v) is 11.7. The van der Waals surface area contributed by atoms with Crippen molar-refractivity contribution in [2.24, 2.45) is 5.73 Å². The van der Waals surface area contributed by atoms with Gasteiger partial charge in [0.15, 0.2) is 18.5 Å². The highest BCUT2D eigenvalue weighted by Gasteiger charge is 2.48. The van der Waals surface area contributed by atoms with Gasteiger partial charge in [0.05, 0.1) is 0 Å². The Hall–Kier alpha value is -2.77. The zero-order valence-corrected chi connectivity index (χ0v) is 20.0. The topological polar surface area (TPSA) is 160 Å². The minimum atomic E-state index is -5.08. The zero-order valence-electron chi connectivity index (χ0n) is 20.0. The maximum absolute atomic E-state index is 11.9. The van der Waals surface area contributed by atoms with Gasteiger partial charge in [-0.2, -0.15) is 17.7 Å². The molecule has 4 atom stereocenters. The second-order valence-corrected chi connectivity index (χ2v) is 8.31. The third-order valence-corrected chi connectivity index (χ3v) is 5.37. The zero-order chi connectivity index (χ0) is 27.3. The Morgan fingerprint density at radius 2 is 1.67 bits per heavy atom. The van der Waals surface area contributed by atoms with Gasteiger partial charge < -0.3 is 30.5 Å². The molecule has 1 saturated heterocycles. The predicted molar refractivity (Wildman–Crippen MR) is 118 cm³/mol. The normalized spacial score (nSPS) is 21.4. The molecule has 0 aromatic carbocycles. The summed E-state index contributed by atoms with van der Waals surface area (Å²) in [5.41, 5.74) is 5.52. The van der Waals surface area contributed by atoms with Crippen LogP contribution in [0.2, 0.25) is 0 Å². The van der Waals surface area contributed by atoms with E-state index in [1.165, 1.54) is 36.4 Å². The number of carbonyl (C=O) groups excluding carboxylic acids is 2. The maximum atomic E-state index is 11.9. The monoisotopic (exact) mass is 523 g/mol. The van der Waals surface area contributed by atoms with Crippen molar-refractivity contribution in [1.29, 1.82) is 0 Å². The second kappa shape index (κ2) is 15.4. The van der Waals surface area contributed by atoms with Crippen LogP contribution in [0.3, 0.4) is 0 Å². The van der Waals surface area contributed by atoms with Crippen LogP contribution in [-0.4, -0.2) is 64.3 Å². The first kappa shape index (κ1) is 31.3. The summed E-state index contributed by atoms with van der Waals surface area (Å²) >= 11 is 0. The smallest absolute Gasteiger partial charge is 0.475 e. The molecule has 0 saturated carbocycles. The van der Waals surface area contributed by atoms with E-state index in [-0.39, 0.29) is 18.1 Å². The highest BCUT2D eigenvalue weighted by Crippen LogP contribution is 2.26. The van der Waals surface area contributed by atoms with E-state index in [0.717, 1.165) is 19.3 Å². The van der Waals surface area contributed by atoms with Gasteiger partial charge in [-0.25, -0.2) is 4.79 Å². The fourth-order valence-corrected chi connectivity index (χ4v) is 3.38. The second-order valence-electron chi connectivity index (χ2n) is 8.31. The number of hydrogen-bond donors (Lipinski definition) is 4. The molecule has 13 heteroatoms. The number of halogens is 3. The lowest BCUT2D eigenvalue weighted by Gasteiger charge is -2.13. The van der Waals surface area contributed by atoms with E-state index in [0.29, 0.717) is 6.42 Å². The molecule has 204 valence electrons. The Balaban J connectivity index is 0.000000809. The molecule has 0 aliphatic carbocycles. The molecule has 2 rings (SSSR count). The first-order chi connectivity index (χ1) is 16.9. The summed E-state index contributed by atoms with van der Waals surface area (Å²) in [4.78, 5) is 32.1. The van der Waals surface area contributed by atoms with Crippen LogP contribution < -0.4 is 10.3 Å². The minimum Gasteiger partial charge on any atom is -0.475 e. The van der Waals surface area contributed by atoms with Crippen LogP contribution in [-0.2, 0) is 19.1 Å². The lowest BCUT2D eigenvalue weighted by atomic mass is 10.1. The van der Waals surface area contributed by atoms with Crippen molar-refractivity contribution in [3.05, 3.63) is 30.1 Å². The average Bonchev–Trinajstić information content (AvgIpc) is 3.10. The Bertz CT molecular complexity index is 853. The molecule has 1 aromatic rings. The average molecular weight is 524 g/mol. The molecule has 5 N–H and O–H groups in total. The van der Waals surface area contributed by atoms with Gasteiger partial charge in [-0.3, -0.25) is 9.59 Å². The first-order valence-electron chi connectivity index (χ1n) is 11.7. The number of alkyl halides is 3. The number of carboxylic acids is 1. The van der Waals surface area contributed by atoms with Crippen LogP contribution in [0.4, 0.5) is 13.2 Å². The number of aliphatic carboxylic acids is 1. The Kier molecular flexibility index (Phi) is 13.3. The summed E-state index contributed by atoms with van der Waals surface area (Å²) in [7, 11) is 0. The number of hydrogen-bond acceptors (Lipinski definition) is 7. The number of esters is 1. The van der Waals surface area contributed by atoms with Crippen molar-refractivity contribution in [3.8, 4) is 0 Å². The third kappa shape index (κ3) is 10.9. The summed E-state index contributed by atoms with van der Waals surface area (Å²) in [6.07, 6.45) is 1.89. The van der Waals surface area contributed by atoms with E-state index in [9.17, 15) is 33.0 Å². The number of aromatic nitrogens is 1. The summed E-state index contributed by atoms with van der Waals surface area (Å²) in [6, 6.07) is 3.14. The molecule has 10 nitrogen and oxygen atoms in total. The van der Waals surface area contributed by atoms with Gasteiger partial charge in [-0.15, -0.1) is 0 Å². The Morgan fingerprint density at radius 1 is 1.08 bits per heavy atom. The van der Waals surface area contributed by atoms with Crippen molar-refractivity contribution in [2.75, 3.05) is 6.61 Å². The van der Waals surface area contributed by atoms with E-state index in [1.54, 1.807) is 18.3 Å². The standard InChI is InChI=1S/C21H32N2O6.C2HF3O2/c1-2-3-4-5-6-7-8-11-17(24)28-14-16-18(25)19(26)21(29-16)23-12-9-10-15(13-23)20(22)27;3-2(4,5)1(6)7/h9-10,12-13,16,18-19,21,25-26H,2-8,11,14H2,1H3,(H-,22,27);(H,6,7)/p+1/t16?,18-,19-,21-;/m1./s1. The highest BCUT2D eigenvalue weighted by molar-refractivity contribution is 5.92. The SMILES string of the molecule is CCCCCCCCCC(=O)OCC1O[C@@H]([n+]2cccc(C(N)=O)c2)[C@H](O)[C@@H]1O.O=C(O)C(F)(F)F. The number of carbonyl (C=O) groups is 3. The molecule has 1 fully saturated rings. The molecule has 0 bridgehead atoms. The van der Waals surface area contributed by atoms with Crippen LogP contribution in [0.15, 0.2) is 24.5 Å². The number of nitrogens with two attached hydrogens (primary N) is 1. The molecule has 1 unspecified atom stereocenters. The third-order valence-electron chi connectivity index (χ3n) is 5.37. The fourth-order valence-electron chi connectivity index (χ4n) is 3.38. The predicted octanol–water partition coefficient (Wildman–Crippen LogP) is 2.01. The Morgan fingerprint density at radius 3 is 2.22 bits per heavy atom. The van der Waals surface area contributed by atoms with Gasteiger partial charge in [0.1, 0.15) is 24.4 Å².